The molecule has 0 fully saturated rings. The average Bonchev–Trinajstić information content (AvgIpc) is 3.07. The molecule has 1 aromatic carbocycles. The fourth-order valence-electron chi connectivity index (χ4n) is 1.72. The summed E-state index contributed by atoms with van der Waals surface area (Å²) in [7, 11) is -4.82. The highest BCUT2D eigenvalue weighted by molar-refractivity contribution is 7.81. The Hall–Kier alpha value is -2.39. The Bertz CT molecular complexity index is 855. The molecule has 0 saturated carbocycles. The van der Waals surface area contributed by atoms with Crippen molar-refractivity contribution in [3.8, 4) is 0 Å². The van der Waals surface area contributed by atoms with E-state index in [-0.39, 0.29) is 28.5 Å². The van der Waals surface area contributed by atoms with Gasteiger partial charge in [0, 0.05) is 0 Å². The molecule has 142 valence electrons. The van der Waals surface area contributed by atoms with Gasteiger partial charge >= 0.3 is 16.4 Å². The lowest BCUT2D eigenvalue weighted by molar-refractivity contribution is -0.444. The van der Waals surface area contributed by atoms with Gasteiger partial charge in [-0.2, -0.15) is 8.42 Å². The summed E-state index contributed by atoms with van der Waals surface area (Å²) >= 11 is 5.98. The summed E-state index contributed by atoms with van der Waals surface area (Å²) in [5.41, 5.74) is 1.80. The minimum absolute atomic E-state index is 0.0303. The van der Waals surface area contributed by atoms with Gasteiger partial charge in [0.05, 0.1) is 34.8 Å². The third-order valence-electron chi connectivity index (χ3n) is 2.75. The Balaban J connectivity index is 2.10. The Kier molecular flexibility index (Phi) is 6.76. The molecule has 0 amide bonds. The number of furan rings is 1. The minimum Gasteiger partial charge on any atom is -0.478 e. The van der Waals surface area contributed by atoms with Crippen LogP contribution >= 0.6 is 11.6 Å². The zero-order valence-electron chi connectivity index (χ0n) is 12.5. The molecular weight excluding hydrogens is 400 g/mol. The SMILES string of the molecule is O=C(O)c1cc(NOOS(=O)(=O)OOO)c(Cl)cc1NCc1ccco1. The molecule has 14 heteroatoms. The van der Waals surface area contributed by atoms with Crippen LogP contribution in [0.15, 0.2) is 34.9 Å². The van der Waals surface area contributed by atoms with Crippen LogP contribution in [0.1, 0.15) is 16.1 Å². The number of carbonyl (C=O) groups is 1. The van der Waals surface area contributed by atoms with Gasteiger partial charge in [-0.05, 0) is 24.3 Å². The highest BCUT2D eigenvalue weighted by Gasteiger charge is 2.18. The second-order valence-corrected chi connectivity index (χ2v) is 5.92. The van der Waals surface area contributed by atoms with Gasteiger partial charge in [-0.15, -0.1) is 0 Å². The van der Waals surface area contributed by atoms with E-state index in [1.165, 1.54) is 12.3 Å². The van der Waals surface area contributed by atoms with E-state index in [4.69, 9.17) is 21.3 Å². The topological polar surface area (TPSA) is 166 Å². The first-order chi connectivity index (χ1) is 12.3. The fraction of sp³-hybridized carbons (Fsp3) is 0.0833. The molecule has 1 aromatic heterocycles. The van der Waals surface area contributed by atoms with Crippen molar-refractivity contribution in [2.75, 3.05) is 10.8 Å². The van der Waals surface area contributed by atoms with Crippen LogP contribution in [-0.4, -0.2) is 24.8 Å². The molecule has 4 N–H and O–H groups in total. The van der Waals surface area contributed by atoms with Gasteiger partial charge in [-0.3, -0.25) is 0 Å². The van der Waals surface area contributed by atoms with Crippen LogP contribution in [0.4, 0.5) is 11.4 Å². The molecule has 0 aliphatic rings. The van der Waals surface area contributed by atoms with Crippen molar-refractivity contribution >= 4 is 39.3 Å². The third-order valence-corrected chi connectivity index (χ3v) is 3.53. The van der Waals surface area contributed by atoms with Crippen LogP contribution in [0.25, 0.3) is 0 Å². The maximum Gasteiger partial charge on any atom is 0.457 e. The molecule has 12 nitrogen and oxygen atoms in total. The van der Waals surface area contributed by atoms with Gasteiger partial charge in [-0.25, -0.2) is 15.5 Å². The summed E-state index contributed by atoms with van der Waals surface area (Å²) in [6, 6.07) is 5.69. The zero-order valence-corrected chi connectivity index (χ0v) is 14.1. The second-order valence-electron chi connectivity index (χ2n) is 4.42. The third kappa shape index (κ3) is 5.57. The van der Waals surface area contributed by atoms with Crippen LogP contribution in [0.2, 0.25) is 5.02 Å². The molecule has 1 heterocycles. The zero-order chi connectivity index (χ0) is 19.2. The van der Waals surface area contributed by atoms with Crippen molar-refractivity contribution in [3.05, 3.63) is 46.9 Å². The van der Waals surface area contributed by atoms with Gasteiger partial charge in [0.2, 0.25) is 0 Å². The van der Waals surface area contributed by atoms with E-state index >= 15 is 0 Å². The smallest absolute Gasteiger partial charge is 0.457 e. The van der Waals surface area contributed by atoms with Crippen LogP contribution in [-0.2, 0) is 35.6 Å². The Morgan fingerprint density at radius 1 is 1.27 bits per heavy atom. The number of carboxylic acids is 1. The number of halogens is 1. The molecule has 0 radical (unpaired) electrons. The van der Waals surface area contributed by atoms with Crippen LogP contribution in [0, 0.1) is 0 Å². The Labute approximate surface area is 150 Å². The number of rotatable bonds is 10. The molecule has 0 saturated heterocycles. The number of hydrogen-bond donors (Lipinski definition) is 4. The van der Waals surface area contributed by atoms with Gasteiger partial charge < -0.3 is 14.8 Å². The van der Waals surface area contributed by atoms with E-state index in [1.807, 2.05) is 5.48 Å². The first-order valence-electron chi connectivity index (χ1n) is 6.51. The van der Waals surface area contributed by atoms with Gasteiger partial charge in [-0.1, -0.05) is 30.3 Å². The van der Waals surface area contributed by atoms with Gasteiger partial charge in [0.25, 0.3) is 0 Å². The molecule has 26 heavy (non-hydrogen) atoms. The molecule has 0 bridgehead atoms. The van der Waals surface area contributed by atoms with E-state index in [2.05, 4.69) is 24.0 Å². The summed E-state index contributed by atoms with van der Waals surface area (Å²) in [6.07, 6.45) is 1.46. The maximum atomic E-state index is 11.4. The molecule has 2 aromatic rings. The highest BCUT2D eigenvalue weighted by atomic mass is 35.5. The predicted molar refractivity (Wildman–Crippen MR) is 84.0 cm³/mol. The van der Waals surface area contributed by atoms with Gasteiger partial charge in [0.15, 0.2) is 0 Å². The number of hydrogen-bond acceptors (Lipinski definition) is 11. The molecule has 0 aliphatic carbocycles. The van der Waals surface area contributed by atoms with Crippen molar-refractivity contribution < 1.29 is 46.7 Å². The first kappa shape index (κ1) is 19.9. The van der Waals surface area contributed by atoms with Crippen molar-refractivity contribution in [1.82, 2.24) is 0 Å². The van der Waals surface area contributed by atoms with E-state index in [0.717, 1.165) is 6.07 Å². The van der Waals surface area contributed by atoms with Crippen LogP contribution in [0.5, 0.6) is 0 Å². The van der Waals surface area contributed by atoms with Crippen LogP contribution in [0.3, 0.4) is 0 Å². The molecular formula is C12H11ClN2O10S. The molecule has 0 atom stereocenters. The number of aromatic carboxylic acids is 1. The number of anilines is 2. The van der Waals surface area contributed by atoms with E-state index < -0.39 is 16.4 Å². The summed E-state index contributed by atoms with van der Waals surface area (Å²) in [6.45, 7) is 0.201. The fourth-order valence-corrected chi connectivity index (χ4v) is 2.14. The largest absolute Gasteiger partial charge is 0.478 e. The van der Waals surface area contributed by atoms with E-state index in [1.54, 1.807) is 12.1 Å². The maximum absolute atomic E-state index is 11.4. The summed E-state index contributed by atoms with van der Waals surface area (Å²) in [5.74, 6) is -0.732. The summed E-state index contributed by atoms with van der Waals surface area (Å²) < 4.78 is 34.0. The molecule has 0 spiro atoms. The number of carboxylic acid groups (broad SMARTS) is 1. The average molecular weight is 411 g/mol. The first-order valence-corrected chi connectivity index (χ1v) is 8.22. The van der Waals surface area contributed by atoms with Crippen LogP contribution < -0.4 is 10.8 Å². The second kappa shape index (κ2) is 8.81. The van der Waals surface area contributed by atoms with Crippen molar-refractivity contribution in [2.45, 2.75) is 6.54 Å². The minimum atomic E-state index is -4.82. The summed E-state index contributed by atoms with van der Waals surface area (Å²) in [4.78, 5) is 15.5. The standard InChI is InChI=1S/C12H11ClN2O10S/c13-9-5-10(14-6-7-2-1-3-21-7)8(12(16)17)4-11(9)15-22-24-26(19,20)25-23-18/h1-5,14-15,18H,6H2,(H,16,17). The van der Waals surface area contributed by atoms with Gasteiger partial charge in [0.1, 0.15) is 5.76 Å². The lowest BCUT2D eigenvalue weighted by atomic mass is 10.1. The van der Waals surface area contributed by atoms with Crippen molar-refractivity contribution in [3.63, 3.8) is 0 Å². The Morgan fingerprint density at radius 2 is 2.04 bits per heavy atom. The number of benzene rings is 1. The normalized spacial score (nSPS) is 11.3. The highest BCUT2D eigenvalue weighted by Crippen LogP contribution is 2.30. The van der Waals surface area contributed by atoms with Crippen molar-refractivity contribution in [1.29, 1.82) is 0 Å². The van der Waals surface area contributed by atoms with Crippen molar-refractivity contribution in [2.24, 2.45) is 0 Å². The lowest BCUT2D eigenvalue weighted by Gasteiger charge is -2.13. The quantitative estimate of drug-likeness (QED) is 0.333. The number of nitrogens with one attached hydrogen (secondary N) is 2. The molecule has 0 unspecified atom stereocenters. The van der Waals surface area contributed by atoms with E-state index in [0.29, 0.717) is 5.76 Å². The summed E-state index contributed by atoms with van der Waals surface area (Å²) in [5, 5.41) is 22.9. The lowest BCUT2D eigenvalue weighted by Crippen LogP contribution is -2.14. The molecule has 0 aliphatic heterocycles. The Morgan fingerprint density at radius 3 is 2.65 bits per heavy atom. The predicted octanol–water partition coefficient (Wildman–Crippen LogP) is 2.18. The van der Waals surface area contributed by atoms with E-state index in [9.17, 15) is 18.3 Å². The molecule has 2 rings (SSSR count). The monoisotopic (exact) mass is 410 g/mol.